The number of rotatable bonds is 5. The lowest BCUT2D eigenvalue weighted by atomic mass is 10.2. The van der Waals surface area contributed by atoms with Crippen LogP contribution in [0.5, 0.6) is 11.5 Å². The molecule has 1 heterocycles. The van der Waals surface area contributed by atoms with Crippen LogP contribution in [-0.4, -0.2) is 24.9 Å². The molecule has 0 radical (unpaired) electrons. The summed E-state index contributed by atoms with van der Waals surface area (Å²) in [5.74, 6) is 2.28. The number of halogens is 1. The molecule has 0 aromatic heterocycles. The minimum atomic E-state index is -0.0930. The van der Waals surface area contributed by atoms with Crippen LogP contribution < -0.4 is 14.8 Å². The third-order valence-electron chi connectivity index (χ3n) is 3.25. The van der Waals surface area contributed by atoms with E-state index in [0.29, 0.717) is 41.2 Å². The fraction of sp³-hybridized carbons (Fsp3) is 0.235. The van der Waals surface area contributed by atoms with Crippen molar-refractivity contribution in [2.24, 2.45) is 0 Å². The summed E-state index contributed by atoms with van der Waals surface area (Å²) < 4.78 is 11.0. The molecule has 23 heavy (non-hydrogen) atoms. The van der Waals surface area contributed by atoms with Crippen LogP contribution in [0.2, 0.25) is 5.02 Å². The summed E-state index contributed by atoms with van der Waals surface area (Å²) >= 11 is 7.74. The van der Waals surface area contributed by atoms with Crippen molar-refractivity contribution in [1.29, 1.82) is 0 Å². The van der Waals surface area contributed by atoms with Gasteiger partial charge in [0.05, 0.1) is 16.5 Å². The molecule has 3 rings (SSSR count). The van der Waals surface area contributed by atoms with Crippen molar-refractivity contribution in [2.45, 2.75) is 5.75 Å². The highest BCUT2D eigenvalue weighted by molar-refractivity contribution is 7.99. The summed E-state index contributed by atoms with van der Waals surface area (Å²) in [5, 5.41) is 3.26. The average molecular weight is 350 g/mol. The molecular formula is C17H16ClNO3S. The van der Waals surface area contributed by atoms with E-state index in [4.69, 9.17) is 21.1 Å². The number of carbonyl (C=O) groups excluding carboxylic acids is 1. The number of fused-ring (bicyclic) bond motifs is 1. The Morgan fingerprint density at radius 3 is 2.57 bits per heavy atom. The normalized spacial score (nSPS) is 12.7. The molecule has 1 amide bonds. The van der Waals surface area contributed by atoms with E-state index in [2.05, 4.69) is 5.32 Å². The van der Waals surface area contributed by atoms with Crippen LogP contribution in [0.3, 0.4) is 0 Å². The summed E-state index contributed by atoms with van der Waals surface area (Å²) in [7, 11) is 0. The minimum absolute atomic E-state index is 0.0930. The Hall–Kier alpha value is -1.85. The van der Waals surface area contributed by atoms with E-state index in [-0.39, 0.29) is 5.91 Å². The van der Waals surface area contributed by atoms with Crippen molar-refractivity contribution >= 4 is 35.0 Å². The maximum absolute atomic E-state index is 12.1. The smallest absolute Gasteiger partial charge is 0.234 e. The van der Waals surface area contributed by atoms with E-state index in [0.717, 1.165) is 5.75 Å². The van der Waals surface area contributed by atoms with Crippen LogP contribution in [0, 0.1) is 0 Å². The van der Waals surface area contributed by atoms with E-state index >= 15 is 0 Å². The predicted octanol–water partition coefficient (Wildman–Crippen LogP) is 3.98. The van der Waals surface area contributed by atoms with Gasteiger partial charge >= 0.3 is 0 Å². The molecule has 0 spiro atoms. The first-order valence-electron chi connectivity index (χ1n) is 7.23. The Kier molecular flexibility index (Phi) is 5.31. The summed E-state index contributed by atoms with van der Waals surface area (Å²) in [6.45, 7) is 1.00. The van der Waals surface area contributed by atoms with E-state index in [1.165, 1.54) is 5.56 Å². The lowest BCUT2D eigenvalue weighted by Crippen LogP contribution is -2.17. The number of amides is 1. The van der Waals surface area contributed by atoms with Gasteiger partial charge in [-0.2, -0.15) is 0 Å². The molecule has 4 nitrogen and oxygen atoms in total. The minimum Gasteiger partial charge on any atom is -0.486 e. The summed E-state index contributed by atoms with van der Waals surface area (Å²) in [6.07, 6.45) is 0. The molecule has 1 N–H and O–H groups in total. The molecule has 0 saturated heterocycles. The molecule has 0 unspecified atom stereocenters. The number of hydrogen-bond acceptors (Lipinski definition) is 4. The van der Waals surface area contributed by atoms with Crippen LogP contribution in [0.25, 0.3) is 0 Å². The first kappa shape index (κ1) is 16.0. The van der Waals surface area contributed by atoms with Crippen molar-refractivity contribution in [3.8, 4) is 11.5 Å². The molecule has 0 aliphatic carbocycles. The van der Waals surface area contributed by atoms with E-state index < -0.39 is 0 Å². The molecule has 0 fully saturated rings. The second kappa shape index (κ2) is 7.62. The van der Waals surface area contributed by atoms with E-state index in [1.54, 1.807) is 23.9 Å². The summed E-state index contributed by atoms with van der Waals surface area (Å²) in [6, 6.07) is 13.4. The molecule has 0 atom stereocenters. The average Bonchev–Trinajstić information content (AvgIpc) is 2.56. The van der Waals surface area contributed by atoms with Crippen molar-refractivity contribution in [3.63, 3.8) is 0 Å². The lowest BCUT2D eigenvalue weighted by molar-refractivity contribution is -0.113. The number of nitrogens with one attached hydrogen (secondary N) is 1. The third-order valence-corrected chi connectivity index (χ3v) is 4.57. The van der Waals surface area contributed by atoms with Gasteiger partial charge in [0.2, 0.25) is 5.91 Å². The van der Waals surface area contributed by atoms with Crippen LogP contribution in [0.1, 0.15) is 5.56 Å². The van der Waals surface area contributed by atoms with Crippen molar-refractivity contribution in [3.05, 3.63) is 53.1 Å². The maximum Gasteiger partial charge on any atom is 0.234 e. The van der Waals surface area contributed by atoms with E-state index in [1.807, 2.05) is 30.3 Å². The second-order valence-corrected chi connectivity index (χ2v) is 6.40. The monoisotopic (exact) mass is 349 g/mol. The molecule has 2 aromatic rings. The van der Waals surface area contributed by atoms with Gasteiger partial charge in [-0.15, -0.1) is 11.8 Å². The van der Waals surface area contributed by atoms with Gasteiger partial charge in [0.15, 0.2) is 11.5 Å². The highest BCUT2D eigenvalue weighted by Crippen LogP contribution is 2.37. The molecular weight excluding hydrogens is 334 g/mol. The van der Waals surface area contributed by atoms with Crippen LogP contribution in [0.4, 0.5) is 5.69 Å². The number of carbonyl (C=O) groups is 1. The first-order chi connectivity index (χ1) is 11.2. The molecule has 1 aliphatic heterocycles. The van der Waals surface area contributed by atoms with Gasteiger partial charge in [-0.1, -0.05) is 41.9 Å². The SMILES string of the molecule is O=C(CSCc1ccccc1)Nc1cc2c(cc1Cl)OCCO2. The number of benzene rings is 2. The fourth-order valence-electron chi connectivity index (χ4n) is 2.18. The van der Waals surface area contributed by atoms with Gasteiger partial charge in [-0.05, 0) is 5.56 Å². The third kappa shape index (κ3) is 4.33. The number of anilines is 1. The van der Waals surface area contributed by atoms with Crippen LogP contribution >= 0.6 is 23.4 Å². The quantitative estimate of drug-likeness (QED) is 0.886. The number of hydrogen-bond donors (Lipinski definition) is 1. The number of ether oxygens (including phenoxy) is 2. The van der Waals surface area contributed by atoms with Gasteiger partial charge < -0.3 is 14.8 Å². The molecule has 2 aromatic carbocycles. The Balaban J connectivity index is 1.55. The largest absolute Gasteiger partial charge is 0.486 e. The Morgan fingerprint density at radius 2 is 1.83 bits per heavy atom. The van der Waals surface area contributed by atoms with Crippen molar-refractivity contribution < 1.29 is 14.3 Å². The molecule has 0 bridgehead atoms. The Morgan fingerprint density at radius 1 is 1.13 bits per heavy atom. The molecule has 1 aliphatic rings. The highest BCUT2D eigenvalue weighted by atomic mass is 35.5. The van der Waals surface area contributed by atoms with Crippen LogP contribution in [0.15, 0.2) is 42.5 Å². The summed E-state index contributed by atoms with van der Waals surface area (Å²) in [4.78, 5) is 12.1. The first-order valence-corrected chi connectivity index (χ1v) is 8.76. The van der Waals surface area contributed by atoms with Gasteiger partial charge in [0, 0.05) is 17.9 Å². The lowest BCUT2D eigenvalue weighted by Gasteiger charge is -2.20. The standard InChI is InChI=1S/C17H16ClNO3S/c18-13-8-15-16(22-7-6-21-15)9-14(13)19-17(20)11-23-10-12-4-2-1-3-5-12/h1-5,8-9H,6-7,10-11H2,(H,19,20). The van der Waals surface area contributed by atoms with Gasteiger partial charge in [0.25, 0.3) is 0 Å². The fourth-order valence-corrected chi connectivity index (χ4v) is 3.17. The van der Waals surface area contributed by atoms with Crippen molar-refractivity contribution in [2.75, 3.05) is 24.3 Å². The topological polar surface area (TPSA) is 47.6 Å². The van der Waals surface area contributed by atoms with Gasteiger partial charge in [0.1, 0.15) is 13.2 Å². The molecule has 0 saturated carbocycles. The zero-order chi connectivity index (χ0) is 16.1. The number of thioether (sulfide) groups is 1. The predicted molar refractivity (Wildman–Crippen MR) is 93.7 cm³/mol. The Bertz CT molecular complexity index is 694. The van der Waals surface area contributed by atoms with Crippen molar-refractivity contribution in [1.82, 2.24) is 0 Å². The molecule has 6 heteroatoms. The second-order valence-electron chi connectivity index (χ2n) is 5.00. The van der Waals surface area contributed by atoms with Gasteiger partial charge in [-0.3, -0.25) is 4.79 Å². The molecule has 120 valence electrons. The van der Waals surface area contributed by atoms with Gasteiger partial charge in [-0.25, -0.2) is 0 Å². The summed E-state index contributed by atoms with van der Waals surface area (Å²) in [5.41, 5.74) is 1.74. The zero-order valence-corrected chi connectivity index (χ0v) is 14.0. The van der Waals surface area contributed by atoms with E-state index in [9.17, 15) is 4.79 Å². The zero-order valence-electron chi connectivity index (χ0n) is 12.4. The maximum atomic E-state index is 12.1. The highest BCUT2D eigenvalue weighted by Gasteiger charge is 2.16. The Labute approximate surface area is 144 Å². The van der Waals surface area contributed by atoms with Crippen LogP contribution in [-0.2, 0) is 10.5 Å².